The van der Waals surface area contributed by atoms with Crippen molar-refractivity contribution in [2.45, 2.75) is 26.1 Å². The number of amides is 1. The van der Waals surface area contributed by atoms with E-state index in [0.29, 0.717) is 11.3 Å². The van der Waals surface area contributed by atoms with Crippen LogP contribution in [0, 0.1) is 6.92 Å². The molecule has 0 aliphatic heterocycles. The molecule has 1 atom stereocenters. The van der Waals surface area contributed by atoms with Gasteiger partial charge in [0.05, 0.1) is 6.04 Å². The summed E-state index contributed by atoms with van der Waals surface area (Å²) < 4.78 is 43.4. The van der Waals surface area contributed by atoms with Gasteiger partial charge in [-0.05, 0) is 37.6 Å². The lowest BCUT2D eigenvalue weighted by atomic mass is 10.1. The van der Waals surface area contributed by atoms with Gasteiger partial charge in [-0.1, -0.05) is 12.1 Å². The van der Waals surface area contributed by atoms with E-state index in [1.807, 2.05) is 0 Å². The number of carbonyl (C=O) groups excluding carboxylic acids is 1. The van der Waals surface area contributed by atoms with Gasteiger partial charge in [-0.25, -0.2) is 14.8 Å². The number of carboxylic acids is 1. The van der Waals surface area contributed by atoms with Crippen molar-refractivity contribution in [2.75, 3.05) is 6.61 Å². The zero-order valence-corrected chi connectivity index (χ0v) is 14.4. The highest BCUT2D eigenvalue weighted by Gasteiger charge is 2.35. The lowest BCUT2D eigenvalue weighted by Gasteiger charge is -2.15. The highest BCUT2D eigenvalue weighted by molar-refractivity contribution is 5.92. The van der Waals surface area contributed by atoms with E-state index in [9.17, 15) is 22.8 Å². The standard InChI is InChI=1S/C17H16F3N3O4/c1-9-7-13(23-16(21-9)17(18,19)20)15(26)22-10(2)11-3-5-12(6-4-11)27-8-14(24)25/h3-7,10H,8H2,1-2H3,(H,22,26)(H,24,25). The lowest BCUT2D eigenvalue weighted by molar-refractivity contribution is -0.145. The van der Waals surface area contributed by atoms with Crippen LogP contribution < -0.4 is 10.1 Å². The molecule has 0 saturated heterocycles. The smallest absolute Gasteiger partial charge is 0.451 e. The number of rotatable bonds is 6. The first-order valence-corrected chi connectivity index (χ1v) is 7.74. The maximum atomic E-state index is 12.8. The van der Waals surface area contributed by atoms with Crippen LogP contribution in [0.3, 0.4) is 0 Å². The van der Waals surface area contributed by atoms with E-state index in [1.54, 1.807) is 19.1 Å². The number of hydrogen-bond donors (Lipinski definition) is 2. The topological polar surface area (TPSA) is 101 Å². The largest absolute Gasteiger partial charge is 0.482 e. The van der Waals surface area contributed by atoms with Gasteiger partial charge in [0.2, 0.25) is 5.82 Å². The van der Waals surface area contributed by atoms with Gasteiger partial charge in [0, 0.05) is 5.69 Å². The molecule has 0 aliphatic carbocycles. The number of nitrogens with one attached hydrogen (secondary N) is 1. The van der Waals surface area contributed by atoms with Gasteiger partial charge in [0.25, 0.3) is 5.91 Å². The number of aryl methyl sites for hydroxylation is 1. The Morgan fingerprint density at radius 3 is 2.41 bits per heavy atom. The predicted molar refractivity (Wildman–Crippen MR) is 87.2 cm³/mol. The van der Waals surface area contributed by atoms with E-state index in [0.717, 1.165) is 0 Å². The van der Waals surface area contributed by atoms with Crippen molar-refractivity contribution in [3.8, 4) is 5.75 Å². The first kappa shape index (κ1) is 20.1. The second-order valence-corrected chi connectivity index (χ2v) is 5.66. The highest BCUT2D eigenvalue weighted by Crippen LogP contribution is 2.26. The maximum Gasteiger partial charge on any atom is 0.451 e. The summed E-state index contributed by atoms with van der Waals surface area (Å²) in [6, 6.07) is 6.90. The second kappa shape index (κ2) is 8.02. The minimum Gasteiger partial charge on any atom is -0.482 e. The van der Waals surface area contributed by atoms with Gasteiger partial charge in [0.15, 0.2) is 6.61 Å². The SMILES string of the molecule is Cc1cc(C(=O)NC(C)c2ccc(OCC(=O)O)cc2)nc(C(F)(F)F)n1. The normalized spacial score (nSPS) is 12.3. The monoisotopic (exact) mass is 383 g/mol. The van der Waals surface area contributed by atoms with Gasteiger partial charge in [-0.15, -0.1) is 0 Å². The fourth-order valence-corrected chi connectivity index (χ4v) is 2.16. The van der Waals surface area contributed by atoms with Crippen LogP contribution in [-0.4, -0.2) is 33.6 Å². The van der Waals surface area contributed by atoms with E-state index in [4.69, 9.17) is 9.84 Å². The maximum absolute atomic E-state index is 12.8. The van der Waals surface area contributed by atoms with E-state index < -0.39 is 36.5 Å². The van der Waals surface area contributed by atoms with Crippen LogP contribution in [0.15, 0.2) is 30.3 Å². The van der Waals surface area contributed by atoms with Crippen LogP contribution in [0.5, 0.6) is 5.75 Å². The molecule has 0 spiro atoms. The van der Waals surface area contributed by atoms with Crippen molar-refractivity contribution in [1.29, 1.82) is 0 Å². The van der Waals surface area contributed by atoms with Gasteiger partial charge < -0.3 is 15.2 Å². The molecule has 2 rings (SSSR count). The molecule has 144 valence electrons. The average Bonchev–Trinajstić information content (AvgIpc) is 2.59. The number of benzene rings is 1. The summed E-state index contributed by atoms with van der Waals surface area (Å²) in [7, 11) is 0. The zero-order chi connectivity index (χ0) is 20.2. The quantitative estimate of drug-likeness (QED) is 0.795. The second-order valence-electron chi connectivity index (χ2n) is 5.66. The number of alkyl halides is 3. The zero-order valence-electron chi connectivity index (χ0n) is 14.4. The Morgan fingerprint density at radius 2 is 1.85 bits per heavy atom. The number of carboxylic acid groups (broad SMARTS) is 1. The van der Waals surface area contributed by atoms with Gasteiger partial charge in [-0.2, -0.15) is 13.2 Å². The number of nitrogens with zero attached hydrogens (tertiary/aromatic N) is 2. The van der Waals surface area contributed by atoms with Gasteiger partial charge >= 0.3 is 12.1 Å². The molecule has 0 fully saturated rings. The number of ether oxygens (including phenoxy) is 1. The number of aliphatic carboxylic acids is 1. The Labute approximate surface area is 152 Å². The number of hydrogen-bond acceptors (Lipinski definition) is 5. The summed E-state index contributed by atoms with van der Waals surface area (Å²) in [5.74, 6) is -2.93. The minimum atomic E-state index is -4.75. The summed E-state index contributed by atoms with van der Waals surface area (Å²) in [6.45, 7) is 2.50. The van der Waals surface area contributed by atoms with Gasteiger partial charge in [0.1, 0.15) is 11.4 Å². The third kappa shape index (κ3) is 5.66. The molecule has 0 radical (unpaired) electrons. The van der Waals surface area contributed by atoms with E-state index in [1.165, 1.54) is 25.1 Å². The Balaban J connectivity index is 2.09. The Hall–Kier alpha value is -3.17. The molecule has 2 N–H and O–H groups in total. The molecule has 1 heterocycles. The van der Waals surface area contributed by atoms with Crippen molar-refractivity contribution in [3.05, 3.63) is 53.1 Å². The molecule has 2 aromatic rings. The summed E-state index contributed by atoms with van der Waals surface area (Å²) in [5.41, 5.74) is 0.283. The molecule has 0 aliphatic rings. The fourth-order valence-electron chi connectivity index (χ4n) is 2.16. The molecular weight excluding hydrogens is 367 g/mol. The Bertz CT molecular complexity index is 838. The Morgan fingerprint density at radius 1 is 1.22 bits per heavy atom. The molecule has 10 heteroatoms. The molecule has 1 aromatic heterocycles. The average molecular weight is 383 g/mol. The van der Waals surface area contributed by atoms with Crippen LogP contribution in [0.1, 0.15) is 40.5 Å². The molecule has 0 saturated carbocycles. The third-order valence-corrected chi connectivity index (χ3v) is 3.43. The number of carbonyl (C=O) groups is 2. The van der Waals surface area contributed by atoms with Crippen LogP contribution in [-0.2, 0) is 11.0 Å². The Kier molecular flexibility index (Phi) is 5.98. The predicted octanol–water partition coefficient (Wildman–Crippen LogP) is 2.76. The molecule has 1 amide bonds. The lowest BCUT2D eigenvalue weighted by Crippen LogP contribution is -2.28. The minimum absolute atomic E-state index is 0.0232. The summed E-state index contributed by atoms with van der Waals surface area (Å²) in [4.78, 5) is 29.3. The first-order chi connectivity index (χ1) is 12.6. The van der Waals surface area contributed by atoms with Gasteiger partial charge in [-0.3, -0.25) is 4.79 Å². The summed E-state index contributed by atoms with van der Waals surface area (Å²) in [6.07, 6.45) is -4.75. The van der Waals surface area contributed by atoms with Crippen molar-refractivity contribution in [2.24, 2.45) is 0 Å². The number of halogens is 3. The molecule has 1 unspecified atom stereocenters. The van der Waals surface area contributed by atoms with Crippen LogP contribution in [0.25, 0.3) is 0 Å². The molecule has 7 nitrogen and oxygen atoms in total. The third-order valence-electron chi connectivity index (χ3n) is 3.43. The highest BCUT2D eigenvalue weighted by atomic mass is 19.4. The molecular formula is C17H16F3N3O4. The van der Waals surface area contributed by atoms with Crippen molar-refractivity contribution < 1.29 is 32.6 Å². The molecule has 0 bridgehead atoms. The van der Waals surface area contributed by atoms with E-state index in [-0.39, 0.29) is 11.4 Å². The summed E-state index contributed by atoms with van der Waals surface area (Å²) in [5, 5.41) is 11.1. The van der Waals surface area contributed by atoms with Crippen LogP contribution in [0.2, 0.25) is 0 Å². The van der Waals surface area contributed by atoms with E-state index >= 15 is 0 Å². The number of aromatic nitrogens is 2. The van der Waals surface area contributed by atoms with Crippen LogP contribution in [0.4, 0.5) is 13.2 Å². The van der Waals surface area contributed by atoms with Crippen molar-refractivity contribution in [1.82, 2.24) is 15.3 Å². The first-order valence-electron chi connectivity index (χ1n) is 7.74. The molecule has 1 aromatic carbocycles. The van der Waals surface area contributed by atoms with Crippen LogP contribution >= 0.6 is 0 Å². The van der Waals surface area contributed by atoms with Crippen molar-refractivity contribution in [3.63, 3.8) is 0 Å². The molecule has 27 heavy (non-hydrogen) atoms. The van der Waals surface area contributed by atoms with Crippen molar-refractivity contribution >= 4 is 11.9 Å². The van der Waals surface area contributed by atoms with E-state index in [2.05, 4.69) is 15.3 Å². The fraction of sp³-hybridized carbons (Fsp3) is 0.294. The summed E-state index contributed by atoms with van der Waals surface area (Å²) >= 11 is 0.